The molecule has 1 aliphatic carbocycles. The van der Waals surface area contributed by atoms with Gasteiger partial charge in [0.1, 0.15) is 0 Å². The zero-order chi connectivity index (χ0) is 20.4. The fourth-order valence-corrected chi connectivity index (χ4v) is 4.07. The molecule has 2 fully saturated rings. The highest BCUT2D eigenvalue weighted by atomic mass is 16.5. The van der Waals surface area contributed by atoms with Crippen molar-refractivity contribution in [2.45, 2.75) is 44.4 Å². The number of ether oxygens (including phenoxy) is 2. The van der Waals surface area contributed by atoms with Gasteiger partial charge in [-0.3, -0.25) is 0 Å². The van der Waals surface area contributed by atoms with E-state index in [2.05, 4.69) is 5.32 Å². The van der Waals surface area contributed by atoms with Crippen molar-refractivity contribution in [2.24, 2.45) is 0 Å². The molecule has 1 unspecified atom stereocenters. The van der Waals surface area contributed by atoms with Crippen molar-refractivity contribution in [3.63, 3.8) is 0 Å². The second-order valence-electron chi connectivity index (χ2n) is 7.78. The van der Waals surface area contributed by atoms with Crippen LogP contribution in [0.15, 0.2) is 36.4 Å². The molecule has 29 heavy (non-hydrogen) atoms. The molecule has 2 aliphatic rings. The molecular formula is C22H28N4O3. The molecule has 4 rings (SSSR count). The number of anilines is 2. The molecule has 7 nitrogen and oxygen atoms in total. The maximum Gasteiger partial charge on any atom is 0.318 e. The van der Waals surface area contributed by atoms with Gasteiger partial charge in [0.2, 0.25) is 0 Å². The van der Waals surface area contributed by atoms with E-state index in [1.54, 1.807) is 24.1 Å². The Bertz CT molecular complexity index is 896. The highest BCUT2D eigenvalue weighted by Crippen LogP contribution is 2.35. The maximum atomic E-state index is 12.5. The van der Waals surface area contributed by atoms with E-state index in [-0.39, 0.29) is 18.2 Å². The summed E-state index contributed by atoms with van der Waals surface area (Å²) in [5.74, 6) is 1.46. The number of carbonyl (C=O) groups excluding carboxylic acids is 1. The molecular weight excluding hydrogens is 368 g/mol. The lowest BCUT2D eigenvalue weighted by atomic mass is 10.1. The summed E-state index contributed by atoms with van der Waals surface area (Å²) in [6.45, 7) is 0.994. The summed E-state index contributed by atoms with van der Waals surface area (Å²) in [7, 11) is 1.65. The second-order valence-corrected chi connectivity index (χ2v) is 7.78. The minimum absolute atomic E-state index is 0.111. The third-order valence-corrected chi connectivity index (χ3v) is 5.70. The van der Waals surface area contributed by atoms with Gasteiger partial charge in [0.25, 0.3) is 0 Å². The van der Waals surface area contributed by atoms with Gasteiger partial charge in [-0.2, -0.15) is 0 Å². The molecule has 1 atom stereocenters. The van der Waals surface area contributed by atoms with Gasteiger partial charge in [-0.15, -0.1) is 0 Å². The molecule has 0 aromatic heterocycles. The molecule has 5 N–H and O–H groups in total. The van der Waals surface area contributed by atoms with Crippen LogP contribution in [0.5, 0.6) is 11.5 Å². The van der Waals surface area contributed by atoms with Crippen LogP contribution in [0.25, 0.3) is 0 Å². The summed E-state index contributed by atoms with van der Waals surface area (Å²) in [6.07, 6.45) is 4.79. The van der Waals surface area contributed by atoms with Crippen LogP contribution in [-0.2, 0) is 6.54 Å². The van der Waals surface area contributed by atoms with Crippen LogP contribution in [0.4, 0.5) is 16.2 Å². The number of urea groups is 1. The predicted octanol–water partition coefficient (Wildman–Crippen LogP) is 3.45. The Morgan fingerprint density at radius 2 is 1.90 bits per heavy atom. The number of hydrogen-bond donors (Lipinski definition) is 3. The van der Waals surface area contributed by atoms with Crippen LogP contribution in [-0.4, -0.2) is 30.7 Å². The first kappa shape index (κ1) is 19.2. The zero-order valence-corrected chi connectivity index (χ0v) is 16.7. The van der Waals surface area contributed by atoms with Crippen LogP contribution >= 0.6 is 0 Å². The minimum Gasteiger partial charge on any atom is -0.493 e. The Hall–Kier alpha value is -3.09. The van der Waals surface area contributed by atoms with Crippen LogP contribution in [0.2, 0.25) is 0 Å². The number of amides is 2. The highest BCUT2D eigenvalue weighted by Gasteiger charge is 2.31. The van der Waals surface area contributed by atoms with Crippen LogP contribution in [0.1, 0.15) is 42.9 Å². The smallest absolute Gasteiger partial charge is 0.318 e. The van der Waals surface area contributed by atoms with Gasteiger partial charge < -0.3 is 31.2 Å². The number of carbonyl (C=O) groups is 1. The summed E-state index contributed by atoms with van der Waals surface area (Å²) >= 11 is 0. The first-order chi connectivity index (χ1) is 14.0. The van der Waals surface area contributed by atoms with Crippen LogP contribution in [0.3, 0.4) is 0 Å². The quantitative estimate of drug-likeness (QED) is 0.649. The van der Waals surface area contributed by atoms with Crippen molar-refractivity contribution in [3.8, 4) is 11.5 Å². The number of hydrogen-bond acceptors (Lipinski definition) is 5. The lowest BCUT2D eigenvalue weighted by molar-refractivity contribution is 0.200. The summed E-state index contributed by atoms with van der Waals surface area (Å²) < 4.78 is 11.7. The first-order valence-corrected chi connectivity index (χ1v) is 10.1. The van der Waals surface area contributed by atoms with E-state index in [0.717, 1.165) is 35.5 Å². The molecule has 7 heteroatoms. The van der Waals surface area contributed by atoms with E-state index < -0.39 is 0 Å². The molecule has 0 radical (unpaired) electrons. The molecule has 154 valence electrons. The Balaban J connectivity index is 1.49. The Morgan fingerprint density at radius 3 is 2.62 bits per heavy atom. The van der Waals surface area contributed by atoms with Crippen molar-refractivity contribution >= 4 is 17.4 Å². The third kappa shape index (κ3) is 4.18. The van der Waals surface area contributed by atoms with Crippen molar-refractivity contribution in [1.29, 1.82) is 0 Å². The van der Waals surface area contributed by atoms with Crippen molar-refractivity contribution in [1.82, 2.24) is 10.2 Å². The average molecular weight is 396 g/mol. The lowest BCUT2D eigenvalue weighted by Gasteiger charge is -2.19. The van der Waals surface area contributed by atoms with E-state index in [1.807, 2.05) is 24.3 Å². The minimum atomic E-state index is -0.116. The fraction of sp³-hybridized carbons (Fsp3) is 0.409. The van der Waals surface area contributed by atoms with E-state index in [1.165, 1.54) is 12.8 Å². The fourth-order valence-electron chi connectivity index (χ4n) is 4.07. The van der Waals surface area contributed by atoms with Crippen LogP contribution in [0, 0.1) is 0 Å². The summed E-state index contributed by atoms with van der Waals surface area (Å²) in [4.78, 5) is 14.3. The lowest BCUT2D eigenvalue weighted by Crippen LogP contribution is -2.28. The third-order valence-electron chi connectivity index (χ3n) is 5.70. The topological polar surface area (TPSA) is 103 Å². The average Bonchev–Trinajstić information content (AvgIpc) is 3.34. The number of nitrogens with zero attached hydrogens (tertiary/aromatic N) is 1. The van der Waals surface area contributed by atoms with Crippen LogP contribution < -0.4 is 26.3 Å². The molecule has 2 aromatic rings. The van der Waals surface area contributed by atoms with Gasteiger partial charge in [0, 0.05) is 24.5 Å². The van der Waals surface area contributed by atoms with E-state index in [0.29, 0.717) is 24.5 Å². The van der Waals surface area contributed by atoms with Crippen molar-refractivity contribution in [2.75, 3.05) is 25.1 Å². The summed E-state index contributed by atoms with van der Waals surface area (Å²) in [5, 5.41) is 3.05. The Labute approximate surface area is 171 Å². The monoisotopic (exact) mass is 396 g/mol. The maximum absolute atomic E-state index is 12.5. The van der Waals surface area contributed by atoms with Crippen molar-refractivity contribution < 1.29 is 14.3 Å². The number of nitrogens with two attached hydrogens (primary N) is 2. The van der Waals surface area contributed by atoms with E-state index in [9.17, 15) is 4.79 Å². The molecule has 0 bridgehead atoms. The number of nitrogen functional groups attached to an aromatic ring is 2. The SMILES string of the molecule is COc1ccc(C2CN(Cc3ccc(N)cc3N)C(=O)N2)cc1OC1CCCC1. The van der Waals surface area contributed by atoms with Gasteiger partial charge in [-0.05, 0) is 61.1 Å². The number of rotatable bonds is 6. The zero-order valence-electron chi connectivity index (χ0n) is 16.7. The molecule has 1 saturated carbocycles. The van der Waals surface area contributed by atoms with Gasteiger partial charge >= 0.3 is 6.03 Å². The van der Waals surface area contributed by atoms with Gasteiger partial charge in [-0.25, -0.2) is 4.79 Å². The van der Waals surface area contributed by atoms with Gasteiger partial charge in [0.05, 0.1) is 19.3 Å². The number of nitrogens with one attached hydrogen (secondary N) is 1. The number of methoxy groups -OCH3 is 1. The molecule has 0 spiro atoms. The Kier molecular flexibility index (Phi) is 5.38. The standard InChI is InChI=1S/C22H28N4O3/c1-28-20-9-7-14(10-21(20)29-17-4-2-3-5-17)19-13-26(22(27)25-19)12-15-6-8-16(23)11-18(15)24/h6-11,17,19H,2-5,12-13,23-24H2,1H3,(H,25,27). The molecule has 1 saturated heterocycles. The first-order valence-electron chi connectivity index (χ1n) is 10.1. The molecule has 1 heterocycles. The van der Waals surface area contributed by atoms with Gasteiger partial charge in [0.15, 0.2) is 11.5 Å². The summed E-state index contributed by atoms with van der Waals surface area (Å²) in [6, 6.07) is 11.0. The largest absolute Gasteiger partial charge is 0.493 e. The van der Waals surface area contributed by atoms with E-state index >= 15 is 0 Å². The number of benzene rings is 2. The summed E-state index contributed by atoms with van der Waals surface area (Å²) in [5.41, 5.74) is 14.9. The predicted molar refractivity (Wildman–Crippen MR) is 113 cm³/mol. The van der Waals surface area contributed by atoms with Crippen molar-refractivity contribution in [3.05, 3.63) is 47.5 Å². The van der Waals surface area contributed by atoms with Gasteiger partial charge in [-0.1, -0.05) is 12.1 Å². The molecule has 2 amide bonds. The molecule has 1 aliphatic heterocycles. The Morgan fingerprint density at radius 1 is 1.10 bits per heavy atom. The second kappa shape index (κ2) is 8.11. The molecule has 2 aromatic carbocycles. The normalized spacial score (nSPS) is 19.4. The highest BCUT2D eigenvalue weighted by molar-refractivity contribution is 5.77. The van der Waals surface area contributed by atoms with E-state index in [4.69, 9.17) is 20.9 Å².